The lowest BCUT2D eigenvalue weighted by molar-refractivity contribution is 0.0954. The minimum absolute atomic E-state index is 0.00324. The fraction of sp³-hybridized carbons (Fsp3) is 0.417. The molecule has 0 spiro atoms. The number of hydrogen-bond acceptors (Lipinski definition) is 2. The van der Waals surface area contributed by atoms with Crippen LogP contribution in [0.5, 0.6) is 0 Å². The highest BCUT2D eigenvalue weighted by atomic mass is 79.9. The van der Waals surface area contributed by atoms with Crippen LogP contribution in [-0.2, 0) is 0 Å². The minimum Gasteiger partial charge on any atom is -0.351 e. The Morgan fingerprint density at radius 2 is 2.25 bits per heavy atom. The van der Waals surface area contributed by atoms with Crippen molar-refractivity contribution in [3.05, 3.63) is 33.8 Å². The Bertz CT molecular complexity index is 381. The Morgan fingerprint density at radius 3 is 2.81 bits per heavy atom. The first-order valence-corrected chi connectivity index (χ1v) is 7.20. The molecule has 1 rings (SSSR count). The zero-order chi connectivity index (χ0) is 12.1. The van der Waals surface area contributed by atoms with Gasteiger partial charge in [-0.05, 0) is 36.9 Å². The van der Waals surface area contributed by atoms with Crippen LogP contribution in [-0.4, -0.2) is 24.0 Å². The van der Waals surface area contributed by atoms with Gasteiger partial charge in [0.2, 0.25) is 0 Å². The van der Waals surface area contributed by atoms with Gasteiger partial charge in [-0.15, -0.1) is 0 Å². The van der Waals surface area contributed by atoms with Crippen molar-refractivity contribution in [1.82, 2.24) is 5.32 Å². The summed E-state index contributed by atoms with van der Waals surface area (Å²) in [6, 6.07) is 5.63. The second-order valence-electron chi connectivity index (χ2n) is 3.72. The van der Waals surface area contributed by atoms with Crippen molar-refractivity contribution >= 4 is 33.6 Å². The van der Waals surface area contributed by atoms with Crippen molar-refractivity contribution < 1.29 is 4.79 Å². The summed E-state index contributed by atoms with van der Waals surface area (Å²) in [5.74, 6) is -0.00324. The van der Waals surface area contributed by atoms with E-state index in [0.717, 1.165) is 10.0 Å². The van der Waals surface area contributed by atoms with Gasteiger partial charge in [-0.3, -0.25) is 4.79 Å². The van der Waals surface area contributed by atoms with Crippen LogP contribution in [0.4, 0.5) is 0 Å². The molecule has 1 amide bonds. The van der Waals surface area contributed by atoms with E-state index in [2.05, 4.69) is 28.2 Å². The summed E-state index contributed by atoms with van der Waals surface area (Å²) < 4.78 is 1.03. The summed E-state index contributed by atoms with van der Waals surface area (Å²) >= 11 is 5.16. The number of hydrogen-bond donors (Lipinski definition) is 1. The lowest BCUT2D eigenvalue weighted by Gasteiger charge is -2.10. The van der Waals surface area contributed by atoms with Crippen LogP contribution < -0.4 is 5.32 Å². The summed E-state index contributed by atoms with van der Waals surface area (Å²) in [4.78, 5) is 11.8. The Balaban J connectivity index is 2.63. The molecule has 88 valence electrons. The maximum absolute atomic E-state index is 11.8. The number of rotatable bonds is 4. The highest BCUT2D eigenvalue weighted by Crippen LogP contribution is 2.17. The molecule has 0 saturated carbocycles. The van der Waals surface area contributed by atoms with Crippen LogP contribution in [0, 0.1) is 6.92 Å². The monoisotopic (exact) mass is 301 g/mol. The summed E-state index contributed by atoms with van der Waals surface area (Å²) in [6.45, 7) is 4.78. The summed E-state index contributed by atoms with van der Waals surface area (Å²) in [5.41, 5.74) is 1.79. The second-order valence-corrected chi connectivity index (χ2v) is 5.85. The minimum atomic E-state index is -0.00324. The van der Waals surface area contributed by atoms with Crippen LogP contribution in [0.25, 0.3) is 0 Å². The van der Waals surface area contributed by atoms with Gasteiger partial charge in [0.15, 0.2) is 0 Å². The Kier molecular flexibility index (Phi) is 5.35. The molecule has 0 saturated heterocycles. The third kappa shape index (κ3) is 3.83. The van der Waals surface area contributed by atoms with E-state index in [1.807, 2.05) is 31.4 Å². The molecule has 0 radical (unpaired) electrons. The quantitative estimate of drug-likeness (QED) is 0.925. The van der Waals surface area contributed by atoms with Crippen LogP contribution in [0.2, 0.25) is 0 Å². The largest absolute Gasteiger partial charge is 0.351 e. The summed E-state index contributed by atoms with van der Waals surface area (Å²) in [6.07, 6.45) is 2.04. The SMILES string of the molecule is CSC(C)CNC(=O)c1ccc(Br)c(C)c1. The topological polar surface area (TPSA) is 29.1 Å². The molecule has 0 aliphatic heterocycles. The number of nitrogens with one attached hydrogen (secondary N) is 1. The zero-order valence-electron chi connectivity index (χ0n) is 9.71. The molecule has 1 atom stereocenters. The Hall–Kier alpha value is -0.480. The molecular weight excluding hydrogens is 286 g/mol. The van der Waals surface area contributed by atoms with E-state index < -0.39 is 0 Å². The standard InChI is InChI=1S/C12H16BrNOS/c1-8-6-10(4-5-11(8)13)12(15)14-7-9(2)16-3/h4-6,9H,7H2,1-3H3,(H,14,15). The fourth-order valence-electron chi connectivity index (χ4n) is 1.21. The molecule has 1 N–H and O–H groups in total. The molecule has 0 fully saturated rings. The Labute approximate surface area is 109 Å². The third-order valence-corrected chi connectivity index (χ3v) is 4.23. The maximum atomic E-state index is 11.8. The molecule has 0 aliphatic rings. The van der Waals surface area contributed by atoms with Gasteiger partial charge in [0.1, 0.15) is 0 Å². The van der Waals surface area contributed by atoms with Gasteiger partial charge >= 0.3 is 0 Å². The van der Waals surface area contributed by atoms with Crippen molar-refractivity contribution in [2.24, 2.45) is 0 Å². The second kappa shape index (κ2) is 6.30. The van der Waals surface area contributed by atoms with E-state index in [4.69, 9.17) is 0 Å². The lowest BCUT2D eigenvalue weighted by atomic mass is 10.1. The van der Waals surface area contributed by atoms with Crippen LogP contribution in [0.15, 0.2) is 22.7 Å². The van der Waals surface area contributed by atoms with E-state index in [9.17, 15) is 4.79 Å². The van der Waals surface area contributed by atoms with Gasteiger partial charge in [-0.1, -0.05) is 22.9 Å². The normalized spacial score (nSPS) is 12.2. The summed E-state index contributed by atoms with van der Waals surface area (Å²) in [7, 11) is 0. The predicted octanol–water partition coefficient (Wildman–Crippen LogP) is 3.24. The third-order valence-electron chi connectivity index (χ3n) is 2.37. The molecular formula is C12H16BrNOS. The van der Waals surface area contributed by atoms with Gasteiger partial charge in [-0.2, -0.15) is 11.8 Å². The molecule has 1 unspecified atom stereocenters. The van der Waals surface area contributed by atoms with Crippen molar-refractivity contribution in [1.29, 1.82) is 0 Å². The lowest BCUT2D eigenvalue weighted by Crippen LogP contribution is -2.29. The highest BCUT2D eigenvalue weighted by Gasteiger charge is 2.08. The fourth-order valence-corrected chi connectivity index (χ4v) is 1.70. The number of halogens is 1. The number of amides is 1. The van der Waals surface area contributed by atoms with Gasteiger partial charge in [0.05, 0.1) is 0 Å². The molecule has 1 aromatic carbocycles. The number of thioether (sulfide) groups is 1. The maximum Gasteiger partial charge on any atom is 0.251 e. The zero-order valence-corrected chi connectivity index (χ0v) is 12.1. The van der Waals surface area contributed by atoms with E-state index in [1.54, 1.807) is 11.8 Å². The van der Waals surface area contributed by atoms with Crippen molar-refractivity contribution in [2.45, 2.75) is 19.1 Å². The molecule has 0 aromatic heterocycles. The molecule has 0 heterocycles. The van der Waals surface area contributed by atoms with Gasteiger partial charge in [-0.25, -0.2) is 0 Å². The van der Waals surface area contributed by atoms with Crippen LogP contribution in [0.1, 0.15) is 22.8 Å². The predicted molar refractivity (Wildman–Crippen MR) is 74.2 cm³/mol. The molecule has 4 heteroatoms. The first-order valence-electron chi connectivity index (χ1n) is 5.11. The van der Waals surface area contributed by atoms with E-state index >= 15 is 0 Å². The van der Waals surface area contributed by atoms with E-state index in [1.165, 1.54) is 0 Å². The van der Waals surface area contributed by atoms with Gasteiger partial charge < -0.3 is 5.32 Å². The molecule has 1 aromatic rings. The van der Waals surface area contributed by atoms with Crippen molar-refractivity contribution in [3.8, 4) is 0 Å². The number of aryl methyl sites for hydroxylation is 1. The van der Waals surface area contributed by atoms with E-state index in [0.29, 0.717) is 17.4 Å². The smallest absolute Gasteiger partial charge is 0.251 e. The highest BCUT2D eigenvalue weighted by molar-refractivity contribution is 9.10. The average molecular weight is 302 g/mol. The number of carbonyl (C=O) groups excluding carboxylic acids is 1. The summed E-state index contributed by atoms with van der Waals surface area (Å²) in [5, 5.41) is 3.37. The number of benzene rings is 1. The Morgan fingerprint density at radius 1 is 1.56 bits per heavy atom. The van der Waals surface area contributed by atoms with Gasteiger partial charge in [0.25, 0.3) is 5.91 Å². The van der Waals surface area contributed by atoms with Crippen molar-refractivity contribution in [3.63, 3.8) is 0 Å². The van der Waals surface area contributed by atoms with Crippen molar-refractivity contribution in [2.75, 3.05) is 12.8 Å². The molecule has 16 heavy (non-hydrogen) atoms. The first kappa shape index (κ1) is 13.6. The van der Waals surface area contributed by atoms with Crippen LogP contribution >= 0.6 is 27.7 Å². The first-order chi connectivity index (χ1) is 7.54. The van der Waals surface area contributed by atoms with E-state index in [-0.39, 0.29) is 5.91 Å². The average Bonchev–Trinajstić information content (AvgIpc) is 2.29. The number of carbonyl (C=O) groups is 1. The van der Waals surface area contributed by atoms with Gasteiger partial charge in [0, 0.05) is 21.8 Å². The molecule has 0 bridgehead atoms. The van der Waals surface area contributed by atoms with Crippen LogP contribution in [0.3, 0.4) is 0 Å². The molecule has 2 nitrogen and oxygen atoms in total. The molecule has 0 aliphatic carbocycles.